The van der Waals surface area contributed by atoms with E-state index in [4.69, 9.17) is 25.6 Å². The van der Waals surface area contributed by atoms with Gasteiger partial charge in [-0.25, -0.2) is 16.4 Å². The average Bonchev–Trinajstić information content (AvgIpc) is 2.73. The topological polar surface area (TPSA) is 203 Å². The van der Waals surface area contributed by atoms with Crippen LogP contribution in [0.25, 0.3) is 0 Å². The zero-order chi connectivity index (χ0) is 25.5. The third-order valence-corrected chi connectivity index (χ3v) is 6.03. The molecular weight excluding hydrogens is 576 g/mol. The molecular formula is C17H35IN5O9P. The van der Waals surface area contributed by atoms with Crippen molar-refractivity contribution < 1.29 is 37.6 Å². The van der Waals surface area contributed by atoms with Crippen LogP contribution in [0.3, 0.4) is 0 Å². The summed E-state index contributed by atoms with van der Waals surface area (Å²) >= 11 is 1.67. The van der Waals surface area contributed by atoms with Gasteiger partial charge in [-0.3, -0.25) is 23.5 Å². The molecule has 0 aromatic rings. The molecule has 0 saturated heterocycles. The second-order valence-electron chi connectivity index (χ2n) is 7.98. The van der Waals surface area contributed by atoms with Crippen molar-refractivity contribution in [3.63, 3.8) is 0 Å². The van der Waals surface area contributed by atoms with Gasteiger partial charge in [-0.15, -0.1) is 4.91 Å². The van der Waals surface area contributed by atoms with Crippen LogP contribution in [0.2, 0.25) is 0 Å². The molecule has 0 rings (SSSR count). The number of nitrogens with two attached hydrogens (primary N) is 2. The Morgan fingerprint density at radius 2 is 1.82 bits per heavy atom. The first kappa shape index (κ1) is 32.2. The number of carbonyl (C=O) groups excluding carboxylic acids is 2. The minimum absolute atomic E-state index is 0.0427. The van der Waals surface area contributed by atoms with Gasteiger partial charge in [-0.05, 0) is 33.6 Å². The van der Waals surface area contributed by atoms with E-state index in [-0.39, 0.29) is 36.0 Å². The Labute approximate surface area is 207 Å². The summed E-state index contributed by atoms with van der Waals surface area (Å²) in [5.41, 5.74) is -1.16. The number of nitroso groups, excluding NO2 is 1. The number of hydrogen-bond donors (Lipinski definition) is 4. The summed E-state index contributed by atoms with van der Waals surface area (Å²) < 4.78 is 27.6. The Hall–Kier alpha value is -0.780. The van der Waals surface area contributed by atoms with Crippen molar-refractivity contribution in [2.75, 3.05) is 33.0 Å². The van der Waals surface area contributed by atoms with Gasteiger partial charge >= 0.3 is 7.75 Å². The SMILES string of the molecule is CCC(C)(CC(=O)NCCOP(=O)(N=O)OCC(CON)ON)OCCC(C)(C)NC(=O)I. The first-order valence-corrected chi connectivity index (χ1v) is 12.7. The average molecular weight is 611 g/mol. The molecule has 194 valence electrons. The second kappa shape index (κ2) is 16.0. The fourth-order valence-corrected chi connectivity index (χ4v) is 3.98. The quantitative estimate of drug-likeness (QED) is 0.0317. The Morgan fingerprint density at radius 3 is 2.33 bits per heavy atom. The molecule has 0 aromatic carbocycles. The predicted octanol–water partition coefficient (Wildman–Crippen LogP) is 2.05. The summed E-state index contributed by atoms with van der Waals surface area (Å²) in [4.78, 5) is 45.6. The Balaban J connectivity index is 4.45. The monoisotopic (exact) mass is 611 g/mol. The molecule has 16 heteroatoms. The molecule has 33 heavy (non-hydrogen) atoms. The summed E-state index contributed by atoms with van der Waals surface area (Å²) in [6.45, 7) is 6.91. The minimum atomic E-state index is -4.31. The highest BCUT2D eigenvalue weighted by Crippen LogP contribution is 2.49. The Morgan fingerprint density at radius 1 is 1.15 bits per heavy atom. The van der Waals surface area contributed by atoms with Gasteiger partial charge in [0.2, 0.25) is 5.91 Å². The fraction of sp³-hybridized carbons (Fsp3) is 0.882. The zero-order valence-corrected chi connectivity index (χ0v) is 22.4. The number of carbonyl (C=O) groups is 2. The molecule has 6 N–H and O–H groups in total. The number of nitrogens with zero attached hydrogens (tertiary/aromatic N) is 1. The third kappa shape index (κ3) is 15.0. The van der Waals surface area contributed by atoms with E-state index < -0.39 is 31.6 Å². The van der Waals surface area contributed by atoms with Gasteiger partial charge in [0.25, 0.3) is 3.91 Å². The predicted molar refractivity (Wildman–Crippen MR) is 128 cm³/mol. The standard InChI is InChI=1S/C17H35IN5O9P/c1-5-17(4,28-8-6-16(2,3)22-15(18)25)10-14(24)21-7-9-30-33(27,23-26)31-12-13(32-20)11-29-19/h13H,5-12,19-20H2,1-4H3,(H,21,24)(H,22,25). The number of ether oxygens (including phenoxy) is 1. The maximum atomic E-state index is 12.3. The molecule has 0 saturated carbocycles. The summed E-state index contributed by atoms with van der Waals surface area (Å²) in [5, 5.41) is 5.42. The van der Waals surface area contributed by atoms with E-state index in [1.165, 1.54) is 0 Å². The van der Waals surface area contributed by atoms with E-state index in [2.05, 4.69) is 25.3 Å². The van der Waals surface area contributed by atoms with Crippen molar-refractivity contribution in [1.82, 2.24) is 10.6 Å². The van der Waals surface area contributed by atoms with Gasteiger partial charge in [0.1, 0.15) is 6.10 Å². The van der Waals surface area contributed by atoms with Crippen LogP contribution in [0.15, 0.2) is 4.95 Å². The number of halogens is 1. The highest BCUT2D eigenvalue weighted by molar-refractivity contribution is 14.1. The maximum Gasteiger partial charge on any atom is 0.489 e. The number of hydrogen-bond acceptors (Lipinski definition) is 11. The molecule has 0 aliphatic carbocycles. The van der Waals surface area contributed by atoms with Crippen molar-refractivity contribution in [3.05, 3.63) is 4.91 Å². The van der Waals surface area contributed by atoms with Crippen molar-refractivity contribution >= 4 is 40.2 Å². The molecule has 0 aliphatic rings. The largest absolute Gasteiger partial charge is 0.489 e. The second-order valence-corrected chi connectivity index (χ2v) is 10.6. The van der Waals surface area contributed by atoms with Gasteiger partial charge in [0.15, 0.2) is 0 Å². The van der Waals surface area contributed by atoms with Crippen molar-refractivity contribution in [2.24, 2.45) is 16.7 Å². The summed E-state index contributed by atoms with van der Waals surface area (Å²) in [6, 6.07) is 0. The van der Waals surface area contributed by atoms with Crippen LogP contribution >= 0.6 is 30.3 Å². The molecule has 3 unspecified atom stereocenters. The number of amides is 2. The van der Waals surface area contributed by atoms with Crippen LogP contribution in [0.5, 0.6) is 0 Å². The molecule has 0 aromatic heterocycles. The smallest absolute Gasteiger partial charge is 0.375 e. The van der Waals surface area contributed by atoms with Gasteiger partial charge in [0.05, 0.1) is 31.8 Å². The van der Waals surface area contributed by atoms with Crippen LogP contribution < -0.4 is 22.4 Å². The molecule has 0 spiro atoms. The van der Waals surface area contributed by atoms with Crippen LogP contribution in [0.4, 0.5) is 4.79 Å². The molecule has 0 heterocycles. The van der Waals surface area contributed by atoms with Crippen LogP contribution in [0, 0.1) is 4.91 Å². The van der Waals surface area contributed by atoms with Crippen LogP contribution in [-0.4, -0.2) is 60.0 Å². The molecule has 0 radical (unpaired) electrons. The number of nitrogens with one attached hydrogen (secondary N) is 2. The van der Waals surface area contributed by atoms with E-state index in [9.17, 15) is 19.1 Å². The van der Waals surface area contributed by atoms with E-state index in [1.807, 2.05) is 27.7 Å². The van der Waals surface area contributed by atoms with Crippen molar-refractivity contribution in [1.29, 1.82) is 0 Å². The van der Waals surface area contributed by atoms with E-state index >= 15 is 0 Å². The highest BCUT2D eigenvalue weighted by atomic mass is 127. The molecule has 2 amide bonds. The molecule has 14 nitrogen and oxygen atoms in total. The Kier molecular flexibility index (Phi) is 15.6. The molecule has 0 bridgehead atoms. The number of rotatable bonds is 19. The highest BCUT2D eigenvalue weighted by Gasteiger charge is 2.30. The third-order valence-electron chi connectivity index (χ3n) is 4.57. The lowest BCUT2D eigenvalue weighted by molar-refractivity contribution is -0.129. The van der Waals surface area contributed by atoms with Crippen LogP contribution in [0.1, 0.15) is 47.0 Å². The summed E-state index contributed by atoms with van der Waals surface area (Å²) in [5.74, 6) is 9.54. The van der Waals surface area contributed by atoms with Gasteiger partial charge in [0, 0.05) is 46.2 Å². The maximum absolute atomic E-state index is 12.3. The molecule has 0 fully saturated rings. The van der Waals surface area contributed by atoms with Gasteiger partial charge in [-0.2, -0.15) is 0 Å². The van der Waals surface area contributed by atoms with Crippen molar-refractivity contribution in [2.45, 2.75) is 64.2 Å². The molecule has 0 aliphatic heterocycles. The molecule has 3 atom stereocenters. The van der Waals surface area contributed by atoms with Gasteiger partial charge < -0.3 is 20.2 Å². The van der Waals surface area contributed by atoms with Crippen LogP contribution in [-0.2, 0) is 32.8 Å². The van der Waals surface area contributed by atoms with E-state index in [0.717, 1.165) is 0 Å². The van der Waals surface area contributed by atoms with Crippen molar-refractivity contribution in [3.8, 4) is 0 Å². The minimum Gasteiger partial charge on any atom is -0.375 e. The first-order chi connectivity index (χ1) is 15.3. The fourth-order valence-electron chi connectivity index (χ4n) is 2.41. The normalized spacial score (nSPS) is 16.3. The zero-order valence-electron chi connectivity index (χ0n) is 19.3. The van der Waals surface area contributed by atoms with E-state index in [1.54, 1.807) is 22.6 Å². The Bertz CT molecular complexity index is 673. The first-order valence-electron chi connectivity index (χ1n) is 10.1. The van der Waals surface area contributed by atoms with E-state index in [0.29, 0.717) is 19.4 Å². The summed E-state index contributed by atoms with van der Waals surface area (Å²) in [6.07, 6.45) is 0.319. The lowest BCUT2D eigenvalue weighted by Gasteiger charge is -2.31. The summed E-state index contributed by atoms with van der Waals surface area (Å²) in [7, 11) is -4.31. The lowest BCUT2D eigenvalue weighted by Crippen LogP contribution is -2.43. The van der Waals surface area contributed by atoms with Gasteiger partial charge in [-0.1, -0.05) is 6.92 Å². The lowest BCUT2D eigenvalue weighted by atomic mass is 9.97.